The average Bonchev–Trinajstić information content (AvgIpc) is 2.43. The minimum atomic E-state index is -0.690. The molecule has 5 N–H and O–H groups in total. The van der Waals surface area contributed by atoms with E-state index >= 15 is 0 Å². The number of hydrogen-bond donors (Lipinski definition) is 4. The van der Waals surface area contributed by atoms with E-state index in [1.165, 1.54) is 7.11 Å². The van der Waals surface area contributed by atoms with Crippen molar-refractivity contribution in [1.82, 2.24) is 16.0 Å². The number of ether oxygens (including phenoxy) is 1. The highest BCUT2D eigenvalue weighted by molar-refractivity contribution is 5.90. The van der Waals surface area contributed by atoms with Crippen LogP contribution in [0.1, 0.15) is 20.8 Å². The van der Waals surface area contributed by atoms with Crippen molar-refractivity contribution in [3.05, 3.63) is 0 Å². The molecule has 122 valence electrons. The summed E-state index contributed by atoms with van der Waals surface area (Å²) < 4.78 is 4.80. The Kier molecular flexibility index (Phi) is 9.31. The third kappa shape index (κ3) is 8.26. The highest BCUT2D eigenvalue weighted by Crippen LogP contribution is 1.97. The summed E-state index contributed by atoms with van der Waals surface area (Å²) in [6.45, 7) is 5.75. The Hall–Kier alpha value is -1.67. The van der Waals surface area contributed by atoms with Crippen molar-refractivity contribution in [2.75, 3.05) is 26.8 Å². The van der Waals surface area contributed by atoms with Crippen LogP contribution >= 0.6 is 0 Å². The summed E-state index contributed by atoms with van der Waals surface area (Å²) in [6.07, 6.45) is 0. The Morgan fingerprint density at radius 1 is 1.10 bits per heavy atom. The Balaban J connectivity index is 4.03. The van der Waals surface area contributed by atoms with Gasteiger partial charge in [0, 0.05) is 13.7 Å². The molecule has 0 aromatic heterocycles. The fraction of sp³-hybridized carbons (Fsp3) is 0.769. The van der Waals surface area contributed by atoms with Crippen molar-refractivity contribution in [2.24, 2.45) is 11.7 Å². The standard InChI is InChI=1S/C13H26N4O4/c1-8(2)11(14)13(20)16-7-10(18)17-9(3)12(19)15-5-6-21-4/h8-9,11H,5-7,14H2,1-4H3,(H,15,19)(H,16,20)(H,17,18)/t9?,11-/m0/s1. The molecule has 0 rings (SSSR count). The molecule has 8 nitrogen and oxygen atoms in total. The highest BCUT2D eigenvalue weighted by atomic mass is 16.5. The molecular weight excluding hydrogens is 276 g/mol. The molecule has 0 aromatic carbocycles. The number of methoxy groups -OCH3 is 1. The first kappa shape index (κ1) is 19.3. The number of nitrogens with one attached hydrogen (secondary N) is 3. The molecule has 0 bridgehead atoms. The molecule has 0 saturated carbocycles. The van der Waals surface area contributed by atoms with Crippen molar-refractivity contribution in [3.8, 4) is 0 Å². The normalized spacial score (nSPS) is 13.4. The van der Waals surface area contributed by atoms with E-state index in [1.807, 2.05) is 13.8 Å². The van der Waals surface area contributed by atoms with Gasteiger partial charge >= 0.3 is 0 Å². The monoisotopic (exact) mass is 302 g/mol. The van der Waals surface area contributed by atoms with Gasteiger partial charge in [-0.05, 0) is 12.8 Å². The van der Waals surface area contributed by atoms with Crippen LogP contribution in [0.15, 0.2) is 0 Å². The van der Waals surface area contributed by atoms with Gasteiger partial charge in [0.1, 0.15) is 6.04 Å². The first-order chi connectivity index (χ1) is 9.79. The number of rotatable bonds is 9. The number of hydrogen-bond acceptors (Lipinski definition) is 5. The number of amides is 3. The molecule has 21 heavy (non-hydrogen) atoms. The van der Waals surface area contributed by atoms with E-state index in [2.05, 4.69) is 16.0 Å². The van der Waals surface area contributed by atoms with E-state index in [0.717, 1.165) is 0 Å². The van der Waals surface area contributed by atoms with Gasteiger partial charge in [0.15, 0.2) is 0 Å². The van der Waals surface area contributed by atoms with E-state index in [4.69, 9.17) is 10.5 Å². The molecule has 2 atom stereocenters. The van der Waals surface area contributed by atoms with Crippen LogP contribution < -0.4 is 21.7 Å². The van der Waals surface area contributed by atoms with E-state index in [0.29, 0.717) is 13.2 Å². The summed E-state index contributed by atoms with van der Waals surface area (Å²) >= 11 is 0. The molecule has 0 radical (unpaired) electrons. The van der Waals surface area contributed by atoms with Gasteiger partial charge in [-0.25, -0.2) is 0 Å². The maximum Gasteiger partial charge on any atom is 0.242 e. The molecule has 0 saturated heterocycles. The Bertz CT molecular complexity index is 360. The number of carbonyl (C=O) groups is 3. The lowest BCUT2D eigenvalue weighted by molar-refractivity contribution is -0.130. The molecule has 0 heterocycles. The zero-order valence-corrected chi connectivity index (χ0v) is 13.1. The lowest BCUT2D eigenvalue weighted by Gasteiger charge is -2.17. The predicted molar refractivity (Wildman–Crippen MR) is 78.3 cm³/mol. The minimum absolute atomic E-state index is 0.0152. The SMILES string of the molecule is COCCNC(=O)C(C)NC(=O)CNC(=O)[C@@H](N)C(C)C. The van der Waals surface area contributed by atoms with Crippen LogP contribution in [0.3, 0.4) is 0 Å². The molecule has 0 spiro atoms. The van der Waals surface area contributed by atoms with E-state index in [-0.39, 0.29) is 18.4 Å². The fourth-order valence-electron chi connectivity index (χ4n) is 1.38. The molecule has 3 amide bonds. The third-order valence-electron chi connectivity index (χ3n) is 2.82. The molecular formula is C13H26N4O4. The quantitative estimate of drug-likeness (QED) is 0.380. The van der Waals surface area contributed by atoms with Crippen molar-refractivity contribution in [1.29, 1.82) is 0 Å². The number of carbonyl (C=O) groups excluding carboxylic acids is 3. The smallest absolute Gasteiger partial charge is 0.242 e. The largest absolute Gasteiger partial charge is 0.383 e. The first-order valence-corrected chi connectivity index (χ1v) is 6.88. The van der Waals surface area contributed by atoms with Crippen LogP contribution in [0.4, 0.5) is 0 Å². The Labute approximate surface area is 125 Å². The third-order valence-corrected chi connectivity index (χ3v) is 2.82. The second kappa shape index (κ2) is 10.1. The van der Waals surface area contributed by atoms with Crippen LogP contribution in [0.2, 0.25) is 0 Å². The van der Waals surface area contributed by atoms with Gasteiger partial charge in [-0.3, -0.25) is 14.4 Å². The van der Waals surface area contributed by atoms with Crippen molar-refractivity contribution >= 4 is 17.7 Å². The van der Waals surface area contributed by atoms with Crippen LogP contribution in [-0.2, 0) is 19.1 Å². The molecule has 0 aromatic rings. The lowest BCUT2D eigenvalue weighted by Crippen LogP contribution is -2.50. The van der Waals surface area contributed by atoms with Gasteiger partial charge in [-0.1, -0.05) is 13.8 Å². The van der Waals surface area contributed by atoms with Gasteiger partial charge in [0.25, 0.3) is 0 Å². The molecule has 1 unspecified atom stereocenters. The molecule has 8 heteroatoms. The van der Waals surface area contributed by atoms with Gasteiger partial charge in [0.2, 0.25) is 17.7 Å². The fourth-order valence-corrected chi connectivity index (χ4v) is 1.38. The number of nitrogens with two attached hydrogens (primary N) is 1. The first-order valence-electron chi connectivity index (χ1n) is 6.88. The summed E-state index contributed by atoms with van der Waals surface area (Å²) in [7, 11) is 1.53. The second-order valence-electron chi connectivity index (χ2n) is 5.06. The van der Waals surface area contributed by atoms with E-state index < -0.39 is 23.9 Å². The van der Waals surface area contributed by atoms with Gasteiger partial charge in [-0.15, -0.1) is 0 Å². The lowest BCUT2D eigenvalue weighted by atomic mass is 10.1. The topological polar surface area (TPSA) is 123 Å². The zero-order chi connectivity index (χ0) is 16.4. The Morgan fingerprint density at radius 3 is 2.24 bits per heavy atom. The van der Waals surface area contributed by atoms with Crippen LogP contribution in [0.25, 0.3) is 0 Å². The summed E-state index contributed by atoms with van der Waals surface area (Å²) in [4.78, 5) is 34.8. The summed E-state index contributed by atoms with van der Waals surface area (Å²) in [6, 6.07) is -1.35. The van der Waals surface area contributed by atoms with Gasteiger partial charge < -0.3 is 26.4 Å². The highest BCUT2D eigenvalue weighted by Gasteiger charge is 2.19. The zero-order valence-electron chi connectivity index (χ0n) is 13.1. The van der Waals surface area contributed by atoms with Crippen molar-refractivity contribution < 1.29 is 19.1 Å². The average molecular weight is 302 g/mol. The van der Waals surface area contributed by atoms with E-state index in [1.54, 1.807) is 6.92 Å². The van der Waals surface area contributed by atoms with Gasteiger partial charge in [0.05, 0.1) is 19.2 Å². The van der Waals surface area contributed by atoms with Crippen molar-refractivity contribution in [3.63, 3.8) is 0 Å². The van der Waals surface area contributed by atoms with Crippen LogP contribution in [-0.4, -0.2) is 56.6 Å². The summed E-state index contributed by atoms with van der Waals surface area (Å²) in [5, 5.41) is 7.52. The minimum Gasteiger partial charge on any atom is -0.383 e. The molecule has 0 aliphatic heterocycles. The van der Waals surface area contributed by atoms with Crippen LogP contribution in [0, 0.1) is 5.92 Å². The summed E-state index contributed by atoms with van der Waals surface area (Å²) in [5.74, 6) is -1.17. The Morgan fingerprint density at radius 2 is 1.71 bits per heavy atom. The molecule has 0 aliphatic rings. The van der Waals surface area contributed by atoms with Gasteiger partial charge in [-0.2, -0.15) is 0 Å². The second-order valence-corrected chi connectivity index (χ2v) is 5.06. The maximum absolute atomic E-state index is 11.6. The maximum atomic E-state index is 11.6. The van der Waals surface area contributed by atoms with Crippen molar-refractivity contribution in [2.45, 2.75) is 32.9 Å². The van der Waals surface area contributed by atoms with E-state index in [9.17, 15) is 14.4 Å². The van der Waals surface area contributed by atoms with Crippen LogP contribution in [0.5, 0.6) is 0 Å². The molecule has 0 fully saturated rings. The predicted octanol–water partition coefficient (Wildman–Crippen LogP) is -1.65. The summed E-state index contributed by atoms with van der Waals surface area (Å²) in [5.41, 5.74) is 5.64. The molecule has 0 aliphatic carbocycles.